The summed E-state index contributed by atoms with van der Waals surface area (Å²) >= 11 is 0. The molecule has 27 heavy (non-hydrogen) atoms. The number of hydrogen-bond acceptors (Lipinski definition) is 6. The summed E-state index contributed by atoms with van der Waals surface area (Å²) in [7, 11) is 0. The minimum atomic E-state index is 0.631. The molecule has 0 unspecified atom stereocenters. The maximum Gasteiger partial charge on any atom is 0.204 e. The molecular formula is C20H27N5O2. The van der Waals surface area contributed by atoms with Crippen molar-refractivity contribution < 1.29 is 9.26 Å². The summed E-state index contributed by atoms with van der Waals surface area (Å²) in [4.78, 5) is 1.67. The summed E-state index contributed by atoms with van der Waals surface area (Å²) in [5.74, 6) is 2.48. The first kappa shape index (κ1) is 19.1. The largest absolute Gasteiger partial charge is 0.493 e. The number of unbranched alkanes of at least 4 members (excludes halogenated alkanes) is 1. The van der Waals surface area contributed by atoms with E-state index in [1.807, 2.05) is 26.8 Å². The van der Waals surface area contributed by atoms with Crippen molar-refractivity contribution in [2.45, 2.75) is 59.9 Å². The molecule has 0 saturated heterocycles. The Morgan fingerprint density at radius 1 is 1.07 bits per heavy atom. The van der Waals surface area contributed by atoms with E-state index in [4.69, 9.17) is 9.26 Å². The van der Waals surface area contributed by atoms with Gasteiger partial charge in [-0.2, -0.15) is 4.80 Å². The molecule has 144 valence electrons. The highest BCUT2D eigenvalue weighted by Crippen LogP contribution is 2.28. The van der Waals surface area contributed by atoms with Gasteiger partial charge in [-0.15, -0.1) is 10.2 Å². The standard InChI is InChI=1S/C20H27N5O2/c1-5-6-9-25-22-20(21-24-25)17-11-14(2)19(15(3)12-17)26-10-7-8-18-13-16(4)23-27-18/h11-13H,5-10H2,1-4H3. The van der Waals surface area contributed by atoms with E-state index in [9.17, 15) is 0 Å². The van der Waals surface area contributed by atoms with Crippen LogP contribution in [0.2, 0.25) is 0 Å². The monoisotopic (exact) mass is 369 g/mol. The fraction of sp³-hybridized carbons (Fsp3) is 0.500. The summed E-state index contributed by atoms with van der Waals surface area (Å²) in [6.45, 7) is 9.60. The van der Waals surface area contributed by atoms with Gasteiger partial charge in [0, 0.05) is 18.1 Å². The zero-order valence-corrected chi connectivity index (χ0v) is 16.5. The molecule has 2 aromatic heterocycles. The van der Waals surface area contributed by atoms with E-state index in [0.29, 0.717) is 12.4 Å². The molecule has 0 aliphatic rings. The van der Waals surface area contributed by atoms with Crippen molar-refractivity contribution in [3.8, 4) is 17.1 Å². The Balaban J connectivity index is 1.61. The molecule has 0 atom stereocenters. The number of aryl methyl sites for hydroxylation is 5. The van der Waals surface area contributed by atoms with Crippen molar-refractivity contribution in [3.05, 3.63) is 40.8 Å². The molecule has 0 amide bonds. The average Bonchev–Trinajstić information content (AvgIpc) is 3.27. The van der Waals surface area contributed by atoms with Crippen molar-refractivity contribution in [1.29, 1.82) is 0 Å². The van der Waals surface area contributed by atoms with E-state index >= 15 is 0 Å². The van der Waals surface area contributed by atoms with Crippen molar-refractivity contribution in [1.82, 2.24) is 25.4 Å². The molecule has 0 saturated carbocycles. The van der Waals surface area contributed by atoms with E-state index in [0.717, 1.165) is 66.1 Å². The first-order valence-electron chi connectivity index (χ1n) is 9.51. The van der Waals surface area contributed by atoms with Crippen molar-refractivity contribution in [3.63, 3.8) is 0 Å². The van der Waals surface area contributed by atoms with Gasteiger partial charge < -0.3 is 9.26 Å². The molecule has 0 aliphatic heterocycles. The molecule has 1 aromatic carbocycles. The number of nitrogens with zero attached hydrogens (tertiary/aromatic N) is 5. The van der Waals surface area contributed by atoms with Crippen LogP contribution in [0.25, 0.3) is 11.4 Å². The highest BCUT2D eigenvalue weighted by molar-refractivity contribution is 5.60. The lowest BCUT2D eigenvalue weighted by Gasteiger charge is -2.13. The lowest BCUT2D eigenvalue weighted by Crippen LogP contribution is -2.03. The van der Waals surface area contributed by atoms with Crippen LogP contribution in [0.3, 0.4) is 0 Å². The molecule has 3 aromatic rings. The number of benzene rings is 1. The third-order valence-electron chi connectivity index (χ3n) is 4.37. The summed E-state index contributed by atoms with van der Waals surface area (Å²) in [6, 6.07) is 6.08. The lowest BCUT2D eigenvalue weighted by atomic mass is 10.1. The molecule has 2 heterocycles. The van der Waals surface area contributed by atoms with Gasteiger partial charge >= 0.3 is 0 Å². The molecule has 0 radical (unpaired) electrons. The van der Waals surface area contributed by atoms with Crippen LogP contribution in [-0.4, -0.2) is 32.0 Å². The van der Waals surface area contributed by atoms with Gasteiger partial charge in [0.1, 0.15) is 11.5 Å². The summed E-state index contributed by atoms with van der Waals surface area (Å²) in [5.41, 5.74) is 4.03. The SMILES string of the molecule is CCCCn1nnc(-c2cc(C)c(OCCCc3cc(C)no3)c(C)c2)n1. The van der Waals surface area contributed by atoms with Gasteiger partial charge in [0.25, 0.3) is 0 Å². The highest BCUT2D eigenvalue weighted by atomic mass is 16.5. The predicted molar refractivity (Wildman–Crippen MR) is 103 cm³/mol. The smallest absolute Gasteiger partial charge is 0.204 e. The molecule has 0 fully saturated rings. The van der Waals surface area contributed by atoms with Crippen LogP contribution < -0.4 is 4.74 Å². The number of tetrazole rings is 1. The number of rotatable bonds is 9. The van der Waals surface area contributed by atoms with Gasteiger partial charge in [-0.25, -0.2) is 0 Å². The molecule has 7 nitrogen and oxygen atoms in total. The third-order valence-corrected chi connectivity index (χ3v) is 4.37. The predicted octanol–water partition coefficient (Wildman–Crippen LogP) is 4.07. The Kier molecular flexibility index (Phi) is 6.21. The number of hydrogen-bond donors (Lipinski definition) is 0. The molecule has 0 N–H and O–H groups in total. The van der Waals surface area contributed by atoms with E-state index in [2.05, 4.69) is 39.6 Å². The van der Waals surface area contributed by atoms with Crippen LogP contribution >= 0.6 is 0 Å². The summed E-state index contributed by atoms with van der Waals surface area (Å²) < 4.78 is 11.2. The summed E-state index contributed by atoms with van der Waals surface area (Å²) in [5, 5.41) is 16.7. The Bertz CT molecular complexity index is 861. The molecule has 7 heteroatoms. The zero-order valence-electron chi connectivity index (χ0n) is 16.5. The average molecular weight is 369 g/mol. The van der Waals surface area contributed by atoms with E-state index in [-0.39, 0.29) is 0 Å². The minimum Gasteiger partial charge on any atom is -0.493 e. The van der Waals surface area contributed by atoms with E-state index < -0.39 is 0 Å². The van der Waals surface area contributed by atoms with Gasteiger partial charge in [-0.1, -0.05) is 18.5 Å². The van der Waals surface area contributed by atoms with Gasteiger partial charge in [0.15, 0.2) is 0 Å². The third kappa shape index (κ3) is 4.93. The molecule has 0 bridgehead atoms. The Labute approximate surface area is 159 Å². The van der Waals surface area contributed by atoms with Crippen LogP contribution in [0.4, 0.5) is 0 Å². The second-order valence-electron chi connectivity index (χ2n) is 6.89. The van der Waals surface area contributed by atoms with Crippen LogP contribution in [0, 0.1) is 20.8 Å². The van der Waals surface area contributed by atoms with Gasteiger partial charge in [0.2, 0.25) is 5.82 Å². The first-order chi connectivity index (χ1) is 13.1. The second kappa shape index (κ2) is 8.79. The highest BCUT2D eigenvalue weighted by Gasteiger charge is 2.12. The summed E-state index contributed by atoms with van der Waals surface area (Å²) in [6.07, 6.45) is 3.86. The molecule has 0 spiro atoms. The topological polar surface area (TPSA) is 78.9 Å². The van der Waals surface area contributed by atoms with Crippen molar-refractivity contribution >= 4 is 0 Å². The Morgan fingerprint density at radius 2 is 1.85 bits per heavy atom. The van der Waals surface area contributed by atoms with Crippen molar-refractivity contribution in [2.75, 3.05) is 6.61 Å². The maximum absolute atomic E-state index is 6.02. The number of aromatic nitrogens is 5. The zero-order chi connectivity index (χ0) is 19.2. The fourth-order valence-corrected chi connectivity index (χ4v) is 3.01. The van der Waals surface area contributed by atoms with Crippen LogP contribution in [0.5, 0.6) is 5.75 Å². The quantitative estimate of drug-likeness (QED) is 0.529. The Morgan fingerprint density at radius 3 is 2.52 bits per heavy atom. The van der Waals surface area contributed by atoms with E-state index in [1.165, 1.54) is 0 Å². The van der Waals surface area contributed by atoms with Gasteiger partial charge in [-0.05, 0) is 62.1 Å². The maximum atomic E-state index is 6.02. The van der Waals surface area contributed by atoms with E-state index in [1.54, 1.807) is 4.80 Å². The van der Waals surface area contributed by atoms with Gasteiger partial charge in [0.05, 0.1) is 18.8 Å². The normalized spacial score (nSPS) is 11.1. The molecule has 0 aliphatic carbocycles. The number of ether oxygens (including phenoxy) is 1. The van der Waals surface area contributed by atoms with Crippen LogP contribution in [0.15, 0.2) is 22.7 Å². The lowest BCUT2D eigenvalue weighted by molar-refractivity contribution is 0.296. The first-order valence-corrected chi connectivity index (χ1v) is 9.51. The van der Waals surface area contributed by atoms with Crippen LogP contribution in [-0.2, 0) is 13.0 Å². The molecular weight excluding hydrogens is 342 g/mol. The van der Waals surface area contributed by atoms with Gasteiger partial charge in [-0.3, -0.25) is 0 Å². The minimum absolute atomic E-state index is 0.631. The van der Waals surface area contributed by atoms with Crippen molar-refractivity contribution in [2.24, 2.45) is 0 Å². The Hall–Kier alpha value is -2.70. The molecule has 3 rings (SSSR count). The fourth-order valence-electron chi connectivity index (χ4n) is 3.01. The second-order valence-corrected chi connectivity index (χ2v) is 6.89. The van der Waals surface area contributed by atoms with Crippen LogP contribution in [0.1, 0.15) is 48.8 Å².